The van der Waals surface area contributed by atoms with Crippen LogP contribution in [0.3, 0.4) is 0 Å². The van der Waals surface area contributed by atoms with E-state index in [-0.39, 0.29) is 11.7 Å². The third-order valence-corrected chi connectivity index (χ3v) is 8.34. The topological polar surface area (TPSA) is 46.2 Å². The number of Topliss-reactive ketones (excluding diaryl/α,β-unsaturated/α-hetero) is 1. The molecule has 2 saturated carbocycles. The lowest BCUT2D eigenvalue weighted by Crippen LogP contribution is -2.48. The third-order valence-electron chi connectivity index (χ3n) is 6.33. The number of carbonyl (C=O) groups excluding carboxylic acids is 2. The highest BCUT2D eigenvalue weighted by Gasteiger charge is 2.76. The fourth-order valence-corrected chi connectivity index (χ4v) is 6.15. The third kappa shape index (κ3) is 1.95. The van der Waals surface area contributed by atoms with Crippen LogP contribution in [0.15, 0.2) is 18.2 Å². The number of benzene rings is 1. The van der Waals surface area contributed by atoms with Gasteiger partial charge < -0.3 is 5.32 Å². The Kier molecular flexibility index (Phi) is 3.90. The Hall–Kier alpha value is -0.580. The summed E-state index contributed by atoms with van der Waals surface area (Å²) in [7, 11) is 0. The van der Waals surface area contributed by atoms with Crippen LogP contribution in [0, 0.1) is 16.2 Å². The molecule has 2 bridgehead atoms. The number of ketones is 1. The van der Waals surface area contributed by atoms with Gasteiger partial charge in [-0.2, -0.15) is 0 Å². The Bertz CT molecular complexity index is 721. The zero-order chi connectivity index (χ0) is 17.2. The van der Waals surface area contributed by atoms with Crippen LogP contribution in [0.25, 0.3) is 0 Å². The second kappa shape index (κ2) is 5.21. The zero-order valence-electron chi connectivity index (χ0n) is 13.2. The van der Waals surface area contributed by atoms with Gasteiger partial charge >= 0.3 is 0 Å². The molecule has 1 aromatic rings. The van der Waals surface area contributed by atoms with Gasteiger partial charge in [0, 0.05) is 5.41 Å². The van der Waals surface area contributed by atoms with Crippen molar-refractivity contribution in [3.05, 3.63) is 28.2 Å². The van der Waals surface area contributed by atoms with Crippen molar-refractivity contribution in [1.82, 2.24) is 0 Å². The maximum atomic E-state index is 13.2. The van der Waals surface area contributed by atoms with Crippen LogP contribution in [0.1, 0.15) is 33.6 Å². The minimum atomic E-state index is -0.787. The van der Waals surface area contributed by atoms with Crippen LogP contribution in [-0.4, -0.2) is 16.5 Å². The summed E-state index contributed by atoms with van der Waals surface area (Å²) in [6, 6.07) is 5.11. The van der Waals surface area contributed by atoms with Crippen molar-refractivity contribution in [2.45, 2.75) is 38.4 Å². The minimum Gasteiger partial charge on any atom is -0.324 e. The molecule has 0 saturated heterocycles. The summed E-state index contributed by atoms with van der Waals surface area (Å²) in [6.45, 7) is 5.99. The van der Waals surface area contributed by atoms with Gasteiger partial charge in [-0.3, -0.25) is 9.59 Å². The number of nitrogens with one attached hydrogen (secondary N) is 1. The molecule has 0 heterocycles. The van der Waals surface area contributed by atoms with E-state index in [2.05, 4.69) is 21.2 Å². The fourth-order valence-electron chi connectivity index (χ4n) is 4.29. The van der Waals surface area contributed by atoms with Crippen molar-refractivity contribution in [1.29, 1.82) is 0 Å². The van der Waals surface area contributed by atoms with Crippen molar-refractivity contribution in [2.24, 2.45) is 16.2 Å². The van der Waals surface area contributed by atoms with Gasteiger partial charge in [-0.05, 0) is 30.4 Å². The van der Waals surface area contributed by atoms with Gasteiger partial charge in [-0.1, -0.05) is 66.0 Å². The normalized spacial score (nSPS) is 34.7. The minimum absolute atomic E-state index is 0.112. The van der Waals surface area contributed by atoms with Gasteiger partial charge in [0.1, 0.15) is 0 Å². The van der Waals surface area contributed by atoms with Crippen LogP contribution in [0.5, 0.6) is 0 Å². The highest BCUT2D eigenvalue weighted by atomic mass is 79.9. The van der Waals surface area contributed by atoms with E-state index in [1.165, 1.54) is 0 Å². The van der Waals surface area contributed by atoms with Crippen LogP contribution in [0.4, 0.5) is 5.69 Å². The predicted molar refractivity (Wildman–Crippen MR) is 96.4 cm³/mol. The zero-order valence-corrected chi connectivity index (χ0v) is 16.3. The highest BCUT2D eigenvalue weighted by Crippen LogP contribution is 2.72. The summed E-state index contributed by atoms with van der Waals surface area (Å²) in [5.74, 6) is -0.0655. The lowest BCUT2D eigenvalue weighted by Gasteiger charge is -2.39. The van der Waals surface area contributed by atoms with Crippen molar-refractivity contribution in [3.8, 4) is 0 Å². The standard InChI is InChI=1S/C17H18BrCl2NO2/c1-15(2)16(3)7-8-17(15,12(18)13(16)22)14(23)21-10-6-4-5-9(19)11(10)20/h4-6,12H,7-8H2,1-3H3,(H,21,23)/t12-,16+,17-/m0/s1. The second-order valence-corrected chi connectivity index (χ2v) is 8.91. The van der Waals surface area contributed by atoms with E-state index in [1.54, 1.807) is 18.2 Å². The number of rotatable bonds is 2. The lowest BCUT2D eigenvalue weighted by atomic mass is 9.64. The Morgan fingerprint density at radius 1 is 1.26 bits per heavy atom. The molecular formula is C17H18BrCl2NO2. The van der Waals surface area contributed by atoms with Crippen LogP contribution < -0.4 is 5.32 Å². The van der Waals surface area contributed by atoms with E-state index in [1.807, 2.05) is 20.8 Å². The van der Waals surface area contributed by atoms with Gasteiger partial charge in [-0.25, -0.2) is 0 Å². The Labute approximate surface area is 154 Å². The smallest absolute Gasteiger partial charge is 0.232 e. The molecule has 1 aromatic carbocycles. The molecule has 1 N–H and O–H groups in total. The van der Waals surface area contributed by atoms with E-state index in [4.69, 9.17) is 23.2 Å². The van der Waals surface area contributed by atoms with Gasteiger partial charge in [0.05, 0.1) is 26.0 Å². The summed E-state index contributed by atoms with van der Waals surface area (Å²) >= 11 is 15.7. The van der Waals surface area contributed by atoms with Gasteiger partial charge in [-0.15, -0.1) is 0 Å². The molecule has 0 spiro atoms. The molecule has 2 fully saturated rings. The first-order valence-electron chi connectivity index (χ1n) is 7.53. The fraction of sp³-hybridized carbons (Fsp3) is 0.529. The molecule has 3 atom stereocenters. The Balaban J connectivity index is 2.02. The molecule has 0 aliphatic heterocycles. The van der Waals surface area contributed by atoms with E-state index in [9.17, 15) is 9.59 Å². The van der Waals surface area contributed by atoms with Crippen molar-refractivity contribution >= 4 is 56.5 Å². The summed E-state index contributed by atoms with van der Waals surface area (Å²) < 4.78 is 0. The molecule has 1 amide bonds. The average molecular weight is 419 g/mol. The van der Waals surface area contributed by atoms with E-state index >= 15 is 0 Å². The average Bonchev–Trinajstić information content (AvgIpc) is 2.76. The van der Waals surface area contributed by atoms with Crippen LogP contribution >= 0.6 is 39.1 Å². The molecular weight excluding hydrogens is 401 g/mol. The largest absolute Gasteiger partial charge is 0.324 e. The Morgan fingerprint density at radius 2 is 1.91 bits per heavy atom. The number of carbonyl (C=O) groups is 2. The first-order chi connectivity index (χ1) is 10.6. The predicted octanol–water partition coefficient (Wildman–Crippen LogP) is 5.09. The second-order valence-electron chi connectivity index (χ2n) is 7.21. The Morgan fingerprint density at radius 3 is 2.48 bits per heavy atom. The number of hydrogen-bond acceptors (Lipinski definition) is 2. The van der Waals surface area contributed by atoms with Crippen LogP contribution in [-0.2, 0) is 9.59 Å². The summed E-state index contributed by atoms with van der Waals surface area (Å²) in [4.78, 5) is 25.4. The van der Waals surface area contributed by atoms with Crippen molar-refractivity contribution in [3.63, 3.8) is 0 Å². The molecule has 2 aliphatic rings. The number of anilines is 1. The van der Waals surface area contributed by atoms with Crippen molar-refractivity contribution < 1.29 is 9.59 Å². The molecule has 23 heavy (non-hydrogen) atoms. The number of fused-ring (bicyclic) bond motifs is 2. The summed E-state index contributed by atoms with van der Waals surface area (Å²) in [6.07, 6.45) is 1.39. The van der Waals surface area contributed by atoms with Gasteiger partial charge in [0.15, 0.2) is 5.78 Å². The summed E-state index contributed by atoms with van der Waals surface area (Å²) in [5, 5.41) is 3.60. The first kappa shape index (κ1) is 17.2. The van der Waals surface area contributed by atoms with Crippen LogP contribution in [0.2, 0.25) is 10.0 Å². The van der Waals surface area contributed by atoms with E-state index < -0.39 is 21.1 Å². The molecule has 124 valence electrons. The SMILES string of the molecule is CC1(C)[C@]2(C)CC[C@@]1(C(=O)Nc1cccc(Cl)c1Cl)[C@@H](Br)C2=O. The molecule has 3 rings (SSSR count). The molecule has 0 unspecified atom stereocenters. The van der Waals surface area contributed by atoms with E-state index in [0.29, 0.717) is 22.2 Å². The maximum Gasteiger partial charge on any atom is 0.232 e. The number of alkyl halides is 1. The molecule has 0 aromatic heterocycles. The van der Waals surface area contributed by atoms with Gasteiger partial charge in [0.25, 0.3) is 0 Å². The van der Waals surface area contributed by atoms with E-state index in [0.717, 1.165) is 6.42 Å². The monoisotopic (exact) mass is 417 g/mol. The molecule has 0 radical (unpaired) electrons. The maximum absolute atomic E-state index is 13.2. The molecule has 3 nitrogen and oxygen atoms in total. The lowest BCUT2D eigenvalue weighted by molar-refractivity contribution is -0.130. The first-order valence-corrected chi connectivity index (χ1v) is 9.20. The number of halogens is 3. The number of amides is 1. The van der Waals surface area contributed by atoms with Gasteiger partial charge in [0.2, 0.25) is 5.91 Å². The highest BCUT2D eigenvalue weighted by molar-refractivity contribution is 9.10. The van der Waals surface area contributed by atoms with Crippen molar-refractivity contribution in [2.75, 3.05) is 5.32 Å². The molecule has 2 aliphatic carbocycles. The molecule has 6 heteroatoms. The quantitative estimate of drug-likeness (QED) is 0.679. The summed E-state index contributed by atoms with van der Waals surface area (Å²) in [5.41, 5.74) is -1.25. The number of hydrogen-bond donors (Lipinski definition) is 1.